The maximum atomic E-state index is 12.2. The van der Waals surface area contributed by atoms with Crippen molar-refractivity contribution < 1.29 is 14.3 Å². The Bertz CT molecular complexity index is 473. The van der Waals surface area contributed by atoms with E-state index in [-0.39, 0.29) is 30.5 Å². The zero-order chi connectivity index (χ0) is 14.7. The maximum Gasteiger partial charge on any atom is 0.410 e. The van der Waals surface area contributed by atoms with Crippen LogP contribution in [0.25, 0.3) is 0 Å². The maximum absolute atomic E-state index is 12.2. The number of rotatable bonds is 5. The lowest BCUT2D eigenvalue weighted by Gasteiger charge is -2.26. The normalized spacial score (nSPS) is 18.5. The van der Waals surface area contributed by atoms with Gasteiger partial charge < -0.3 is 9.64 Å². The van der Waals surface area contributed by atoms with Gasteiger partial charge in [-0.15, -0.1) is 11.3 Å². The van der Waals surface area contributed by atoms with Crippen molar-refractivity contribution in [1.29, 1.82) is 0 Å². The minimum atomic E-state index is -0.387. The average molecular weight is 296 g/mol. The van der Waals surface area contributed by atoms with E-state index < -0.39 is 0 Å². The Labute approximate surface area is 123 Å². The number of likely N-dealkylation sites (N-methyl/N-ethyl adjacent to an activating group) is 1. The lowest BCUT2D eigenvalue weighted by Crippen LogP contribution is -2.44. The van der Waals surface area contributed by atoms with Crippen molar-refractivity contribution in [3.05, 3.63) is 22.4 Å². The molecule has 1 aliphatic rings. The highest BCUT2D eigenvalue weighted by molar-refractivity contribution is 7.09. The molecule has 0 radical (unpaired) electrons. The summed E-state index contributed by atoms with van der Waals surface area (Å²) in [4.78, 5) is 28.2. The summed E-state index contributed by atoms with van der Waals surface area (Å²) in [6.07, 6.45) is -0.387. The third-order valence-corrected chi connectivity index (χ3v) is 4.35. The van der Waals surface area contributed by atoms with Crippen molar-refractivity contribution in [3.63, 3.8) is 0 Å². The van der Waals surface area contributed by atoms with Gasteiger partial charge in [-0.3, -0.25) is 9.69 Å². The van der Waals surface area contributed by atoms with Crippen molar-refractivity contribution >= 4 is 23.3 Å². The summed E-state index contributed by atoms with van der Waals surface area (Å²) >= 11 is 1.62. The Morgan fingerprint density at radius 3 is 2.95 bits per heavy atom. The molecule has 2 heterocycles. The molecule has 0 spiro atoms. The molecular formula is C14H20N2O3S. The van der Waals surface area contributed by atoms with Gasteiger partial charge in [0, 0.05) is 11.9 Å². The first-order valence-electron chi connectivity index (χ1n) is 6.68. The Hall–Kier alpha value is -1.56. The summed E-state index contributed by atoms with van der Waals surface area (Å²) in [5.41, 5.74) is 0. The van der Waals surface area contributed by atoms with Gasteiger partial charge in [-0.1, -0.05) is 19.9 Å². The van der Waals surface area contributed by atoms with Gasteiger partial charge in [-0.2, -0.15) is 0 Å². The molecule has 0 unspecified atom stereocenters. The van der Waals surface area contributed by atoms with E-state index >= 15 is 0 Å². The van der Waals surface area contributed by atoms with Crippen LogP contribution in [0.3, 0.4) is 0 Å². The number of carbonyl (C=O) groups excluding carboxylic acids is 2. The van der Waals surface area contributed by atoms with Crippen molar-refractivity contribution in [3.8, 4) is 0 Å². The fourth-order valence-electron chi connectivity index (χ4n) is 2.19. The van der Waals surface area contributed by atoms with Gasteiger partial charge >= 0.3 is 6.09 Å². The molecule has 20 heavy (non-hydrogen) atoms. The second kappa shape index (κ2) is 6.26. The lowest BCUT2D eigenvalue weighted by atomic mass is 10.0. The van der Waals surface area contributed by atoms with Gasteiger partial charge in [-0.25, -0.2) is 4.79 Å². The molecule has 110 valence electrons. The molecule has 2 amide bonds. The van der Waals surface area contributed by atoms with Crippen molar-refractivity contribution in [2.75, 3.05) is 20.2 Å². The van der Waals surface area contributed by atoms with Crippen LogP contribution in [0, 0.1) is 5.92 Å². The SMILES string of the molecule is CC(C)[C@H]1COC(=O)N1CC(=O)N(C)Cc1cccs1. The highest BCUT2D eigenvalue weighted by Gasteiger charge is 2.36. The molecule has 1 aromatic rings. The smallest absolute Gasteiger partial charge is 0.410 e. The first-order chi connectivity index (χ1) is 9.49. The molecule has 1 saturated heterocycles. The van der Waals surface area contributed by atoms with Gasteiger partial charge in [0.15, 0.2) is 0 Å². The Kier molecular flexibility index (Phi) is 4.65. The molecule has 1 atom stereocenters. The molecule has 6 heteroatoms. The van der Waals surface area contributed by atoms with Crippen LogP contribution < -0.4 is 0 Å². The molecule has 1 aromatic heterocycles. The summed E-state index contributed by atoms with van der Waals surface area (Å²) in [7, 11) is 1.76. The van der Waals surface area contributed by atoms with Crippen LogP contribution in [-0.4, -0.2) is 48.0 Å². The predicted molar refractivity (Wildman–Crippen MR) is 77.5 cm³/mol. The van der Waals surface area contributed by atoms with E-state index in [1.807, 2.05) is 31.4 Å². The molecule has 0 N–H and O–H groups in total. The molecule has 0 aromatic carbocycles. The third-order valence-electron chi connectivity index (χ3n) is 3.49. The minimum Gasteiger partial charge on any atom is -0.447 e. The highest BCUT2D eigenvalue weighted by atomic mass is 32.1. The quantitative estimate of drug-likeness (QED) is 0.837. The van der Waals surface area contributed by atoms with Crippen LogP contribution in [-0.2, 0) is 16.1 Å². The molecular weight excluding hydrogens is 276 g/mol. The summed E-state index contributed by atoms with van der Waals surface area (Å²) in [6.45, 7) is 5.09. The van der Waals surface area contributed by atoms with Crippen LogP contribution in [0.15, 0.2) is 17.5 Å². The average Bonchev–Trinajstić information content (AvgIpc) is 3.00. The molecule has 0 aliphatic carbocycles. The van der Waals surface area contributed by atoms with Gasteiger partial charge in [0.25, 0.3) is 0 Å². The Morgan fingerprint density at radius 2 is 2.35 bits per heavy atom. The zero-order valence-electron chi connectivity index (χ0n) is 12.0. The van der Waals surface area contributed by atoms with Crippen molar-refractivity contribution in [1.82, 2.24) is 9.80 Å². The standard InChI is InChI=1S/C14H20N2O3S/c1-10(2)12-9-19-14(18)16(12)8-13(17)15(3)7-11-5-4-6-20-11/h4-6,10,12H,7-9H2,1-3H3/t12-/m1/s1. The second-order valence-corrected chi connectivity index (χ2v) is 6.38. The number of carbonyl (C=O) groups is 2. The van der Waals surface area contributed by atoms with Crippen LogP contribution in [0.1, 0.15) is 18.7 Å². The number of ether oxygens (including phenoxy) is 1. The van der Waals surface area contributed by atoms with Gasteiger partial charge in [-0.05, 0) is 17.4 Å². The van der Waals surface area contributed by atoms with Crippen LogP contribution in [0.5, 0.6) is 0 Å². The summed E-state index contributed by atoms with van der Waals surface area (Å²) < 4.78 is 5.04. The van der Waals surface area contributed by atoms with Gasteiger partial charge in [0.2, 0.25) is 5.91 Å². The van der Waals surface area contributed by atoms with E-state index in [0.717, 1.165) is 4.88 Å². The molecule has 0 bridgehead atoms. The van der Waals surface area contributed by atoms with Crippen molar-refractivity contribution in [2.45, 2.75) is 26.4 Å². The topological polar surface area (TPSA) is 49.9 Å². The van der Waals surface area contributed by atoms with E-state index in [1.54, 1.807) is 23.3 Å². The zero-order valence-corrected chi connectivity index (χ0v) is 12.9. The molecule has 0 saturated carbocycles. The van der Waals surface area contributed by atoms with Crippen LogP contribution in [0.2, 0.25) is 0 Å². The number of hydrogen-bond acceptors (Lipinski definition) is 4. The third kappa shape index (κ3) is 3.30. The molecule has 1 fully saturated rings. The summed E-state index contributed by atoms with van der Waals surface area (Å²) in [6, 6.07) is 3.95. The van der Waals surface area contributed by atoms with E-state index in [0.29, 0.717) is 13.2 Å². The first kappa shape index (κ1) is 14.8. The highest BCUT2D eigenvalue weighted by Crippen LogP contribution is 2.19. The minimum absolute atomic E-state index is 0.0124. The molecule has 1 aliphatic heterocycles. The molecule has 2 rings (SSSR count). The van der Waals surface area contributed by atoms with E-state index in [2.05, 4.69) is 0 Å². The summed E-state index contributed by atoms with van der Waals surface area (Å²) in [5.74, 6) is 0.208. The number of nitrogens with zero attached hydrogens (tertiary/aromatic N) is 2. The van der Waals surface area contributed by atoms with E-state index in [1.165, 1.54) is 4.90 Å². The lowest BCUT2D eigenvalue weighted by molar-refractivity contribution is -0.131. The van der Waals surface area contributed by atoms with E-state index in [9.17, 15) is 9.59 Å². The predicted octanol–water partition coefficient (Wildman–Crippen LogP) is 2.18. The monoisotopic (exact) mass is 296 g/mol. The first-order valence-corrected chi connectivity index (χ1v) is 7.56. The largest absolute Gasteiger partial charge is 0.447 e. The fourth-order valence-corrected chi connectivity index (χ4v) is 2.95. The number of cyclic esters (lactones) is 1. The van der Waals surface area contributed by atoms with E-state index in [4.69, 9.17) is 4.74 Å². The number of amides is 2. The van der Waals surface area contributed by atoms with Crippen LogP contribution >= 0.6 is 11.3 Å². The summed E-state index contributed by atoms with van der Waals surface area (Å²) in [5, 5.41) is 1.99. The number of thiophene rings is 1. The Balaban J connectivity index is 1.94. The number of hydrogen-bond donors (Lipinski definition) is 0. The second-order valence-electron chi connectivity index (χ2n) is 5.35. The van der Waals surface area contributed by atoms with Crippen molar-refractivity contribution in [2.24, 2.45) is 5.92 Å². The van der Waals surface area contributed by atoms with Gasteiger partial charge in [0.1, 0.15) is 13.2 Å². The molecule has 5 nitrogen and oxygen atoms in total. The Morgan fingerprint density at radius 1 is 1.60 bits per heavy atom. The van der Waals surface area contributed by atoms with Crippen LogP contribution in [0.4, 0.5) is 4.79 Å². The van der Waals surface area contributed by atoms with Gasteiger partial charge in [0.05, 0.1) is 12.6 Å². The fraction of sp³-hybridized carbons (Fsp3) is 0.571.